The number of hydrogen-bond acceptors (Lipinski definition) is 10. The number of anilines is 1. The summed E-state index contributed by atoms with van der Waals surface area (Å²) in [7, 11) is 3.22. The predicted octanol–water partition coefficient (Wildman–Crippen LogP) is 2.56. The van der Waals surface area contributed by atoms with Gasteiger partial charge in [0.2, 0.25) is 0 Å². The van der Waals surface area contributed by atoms with Crippen LogP contribution in [-0.2, 0) is 7.05 Å². The fourth-order valence-electron chi connectivity index (χ4n) is 3.84. The zero-order valence-electron chi connectivity index (χ0n) is 20.7. The Labute approximate surface area is 216 Å². The lowest BCUT2D eigenvalue weighted by Crippen LogP contribution is -2.46. The Morgan fingerprint density at radius 2 is 1.95 bits per heavy atom. The molecule has 0 unspecified atom stereocenters. The second kappa shape index (κ2) is 10.3. The van der Waals surface area contributed by atoms with Gasteiger partial charge in [-0.05, 0) is 43.5 Å². The summed E-state index contributed by atoms with van der Waals surface area (Å²) in [6, 6.07) is 9.73. The minimum absolute atomic E-state index is 0.0776. The summed E-state index contributed by atoms with van der Waals surface area (Å²) in [6.07, 6.45) is 5.54. The zero-order chi connectivity index (χ0) is 26.7. The third kappa shape index (κ3) is 5.32. The lowest BCUT2D eigenvalue weighted by Gasteiger charge is -2.40. The van der Waals surface area contributed by atoms with Gasteiger partial charge in [0.1, 0.15) is 28.5 Å². The molecule has 5 rings (SSSR count). The van der Waals surface area contributed by atoms with Gasteiger partial charge < -0.3 is 29.7 Å². The first-order chi connectivity index (χ1) is 18.4. The summed E-state index contributed by atoms with van der Waals surface area (Å²) in [5.41, 5.74) is -0.0381. The highest BCUT2D eigenvalue weighted by Gasteiger charge is 2.39. The minimum atomic E-state index is -0.672. The van der Waals surface area contributed by atoms with E-state index in [4.69, 9.17) is 14.0 Å². The van der Waals surface area contributed by atoms with Crippen LogP contribution in [0.4, 0.5) is 5.82 Å². The number of aryl methyl sites for hydroxylation is 1. The van der Waals surface area contributed by atoms with Crippen molar-refractivity contribution in [3.63, 3.8) is 0 Å². The summed E-state index contributed by atoms with van der Waals surface area (Å²) in [5.74, 6) is 0.581. The standard InChI is InChI=1S/C25H25N7O6/c1-26-23(35)21-29-24(38-31-21)19-5-4-16(13-27-19)36-17-10-15(22(34)28-20-6-9-32(2)30-20)11-18(12-17)37-25(14-33)7-3-8-25/h4-6,9-13,33H,3,7-8,14H2,1-2H3,(H,26,35)(H,28,30,34). The van der Waals surface area contributed by atoms with Crippen molar-refractivity contribution in [2.45, 2.75) is 24.9 Å². The smallest absolute Gasteiger partial charge is 0.292 e. The van der Waals surface area contributed by atoms with E-state index >= 15 is 0 Å². The van der Waals surface area contributed by atoms with Crippen LogP contribution in [0, 0.1) is 0 Å². The SMILES string of the molecule is CNC(=O)c1noc(-c2ccc(Oc3cc(OC4(CO)CCC4)cc(C(=O)Nc4ccn(C)n4)c3)cn2)n1. The summed E-state index contributed by atoms with van der Waals surface area (Å²) >= 11 is 0. The molecule has 1 aliphatic carbocycles. The molecule has 13 nitrogen and oxygen atoms in total. The molecule has 3 N–H and O–H groups in total. The number of carbonyl (C=O) groups excluding carboxylic acids is 2. The van der Waals surface area contributed by atoms with Gasteiger partial charge >= 0.3 is 0 Å². The third-order valence-corrected chi connectivity index (χ3v) is 6.03. The zero-order valence-corrected chi connectivity index (χ0v) is 20.7. The Hall–Kier alpha value is -4.78. The van der Waals surface area contributed by atoms with Crippen molar-refractivity contribution < 1.29 is 28.7 Å². The van der Waals surface area contributed by atoms with Gasteiger partial charge in [0.25, 0.3) is 23.5 Å². The van der Waals surface area contributed by atoms with Crippen molar-refractivity contribution in [2.75, 3.05) is 19.0 Å². The van der Waals surface area contributed by atoms with E-state index in [1.807, 2.05) is 0 Å². The van der Waals surface area contributed by atoms with Crippen LogP contribution < -0.4 is 20.1 Å². The quantitative estimate of drug-likeness (QED) is 0.299. The lowest BCUT2D eigenvalue weighted by atomic mass is 9.80. The lowest BCUT2D eigenvalue weighted by molar-refractivity contribution is -0.0516. The Balaban J connectivity index is 1.38. The first-order valence-electron chi connectivity index (χ1n) is 11.8. The van der Waals surface area contributed by atoms with Gasteiger partial charge in [-0.2, -0.15) is 10.1 Å². The highest BCUT2D eigenvalue weighted by atomic mass is 16.5. The number of aliphatic hydroxyl groups is 1. The summed E-state index contributed by atoms with van der Waals surface area (Å²) in [6.45, 7) is -0.129. The number of nitrogens with zero attached hydrogens (tertiary/aromatic N) is 5. The molecule has 3 aromatic heterocycles. The number of benzene rings is 1. The Bertz CT molecular complexity index is 1450. The van der Waals surface area contributed by atoms with Crippen LogP contribution in [0.25, 0.3) is 11.6 Å². The fraction of sp³-hybridized carbons (Fsp3) is 0.280. The normalized spacial score (nSPS) is 13.9. The number of nitrogens with one attached hydrogen (secondary N) is 2. The van der Waals surface area contributed by atoms with Gasteiger partial charge in [-0.25, -0.2) is 4.98 Å². The summed E-state index contributed by atoms with van der Waals surface area (Å²) in [4.78, 5) is 32.9. The highest BCUT2D eigenvalue weighted by Crippen LogP contribution is 2.38. The molecule has 2 amide bonds. The topological polar surface area (TPSA) is 167 Å². The number of aromatic nitrogens is 5. The van der Waals surface area contributed by atoms with Crippen molar-refractivity contribution in [1.82, 2.24) is 30.2 Å². The van der Waals surface area contributed by atoms with Crippen molar-refractivity contribution in [3.8, 4) is 28.8 Å². The van der Waals surface area contributed by atoms with Crippen LogP contribution in [0.15, 0.2) is 53.3 Å². The molecule has 1 aliphatic rings. The van der Waals surface area contributed by atoms with Gasteiger partial charge in [0.05, 0.1) is 12.8 Å². The van der Waals surface area contributed by atoms with E-state index in [9.17, 15) is 14.7 Å². The van der Waals surface area contributed by atoms with E-state index in [2.05, 4.69) is 30.9 Å². The number of ether oxygens (including phenoxy) is 2. The molecular formula is C25H25N7O6. The molecule has 0 bridgehead atoms. The number of amides is 2. The van der Waals surface area contributed by atoms with Gasteiger partial charge in [-0.1, -0.05) is 5.16 Å². The Kier molecular flexibility index (Phi) is 6.75. The van der Waals surface area contributed by atoms with Gasteiger partial charge in [-0.3, -0.25) is 14.3 Å². The molecule has 0 atom stereocenters. The summed E-state index contributed by atoms with van der Waals surface area (Å²) in [5, 5.41) is 22.8. The fourth-order valence-corrected chi connectivity index (χ4v) is 3.84. The molecule has 0 saturated heterocycles. The van der Waals surface area contributed by atoms with Crippen molar-refractivity contribution in [3.05, 3.63) is 60.2 Å². The maximum atomic E-state index is 13.0. The van der Waals surface area contributed by atoms with Crippen molar-refractivity contribution in [1.29, 1.82) is 0 Å². The van der Waals surface area contributed by atoms with Gasteiger partial charge in [-0.15, -0.1) is 0 Å². The second-order valence-electron chi connectivity index (χ2n) is 8.80. The molecule has 13 heteroatoms. The summed E-state index contributed by atoms with van der Waals surface area (Å²) < 4.78 is 18.8. The molecule has 3 heterocycles. The molecule has 1 aromatic carbocycles. The molecule has 1 fully saturated rings. The molecule has 4 aromatic rings. The molecular weight excluding hydrogens is 494 g/mol. The van der Waals surface area contributed by atoms with E-state index in [1.54, 1.807) is 54.3 Å². The van der Waals surface area contributed by atoms with Crippen molar-refractivity contribution in [2.24, 2.45) is 7.05 Å². The second-order valence-corrected chi connectivity index (χ2v) is 8.80. The maximum absolute atomic E-state index is 13.0. The maximum Gasteiger partial charge on any atom is 0.292 e. The number of pyridine rings is 1. The third-order valence-electron chi connectivity index (χ3n) is 6.03. The van der Waals surface area contributed by atoms with Crippen molar-refractivity contribution >= 4 is 17.6 Å². The van der Waals surface area contributed by atoms with Gasteiger partial charge in [0.15, 0.2) is 5.82 Å². The van der Waals surface area contributed by atoms with Crippen LogP contribution >= 0.6 is 0 Å². The van der Waals surface area contributed by atoms with E-state index in [0.717, 1.165) is 6.42 Å². The van der Waals surface area contributed by atoms with E-state index in [0.29, 0.717) is 41.6 Å². The number of aliphatic hydroxyl groups excluding tert-OH is 1. The van der Waals surface area contributed by atoms with Crippen LogP contribution in [0.5, 0.6) is 17.2 Å². The molecule has 0 spiro atoms. The first-order valence-corrected chi connectivity index (χ1v) is 11.8. The molecule has 38 heavy (non-hydrogen) atoms. The first kappa shape index (κ1) is 24.9. The predicted molar refractivity (Wildman–Crippen MR) is 133 cm³/mol. The Morgan fingerprint density at radius 1 is 1.13 bits per heavy atom. The van der Waals surface area contributed by atoms with Gasteiger partial charge in [0, 0.05) is 38.0 Å². The average Bonchev–Trinajstić information content (AvgIpc) is 3.55. The Morgan fingerprint density at radius 3 is 2.58 bits per heavy atom. The van der Waals surface area contributed by atoms with E-state index in [1.165, 1.54) is 13.2 Å². The van der Waals surface area contributed by atoms with Crippen LogP contribution in [0.3, 0.4) is 0 Å². The monoisotopic (exact) mass is 519 g/mol. The average molecular weight is 520 g/mol. The minimum Gasteiger partial charge on any atom is -0.485 e. The van der Waals surface area contributed by atoms with Crippen LogP contribution in [0.1, 0.15) is 40.2 Å². The number of carbonyl (C=O) groups is 2. The molecule has 0 radical (unpaired) electrons. The largest absolute Gasteiger partial charge is 0.485 e. The number of rotatable bonds is 9. The van der Waals surface area contributed by atoms with Crippen LogP contribution in [0.2, 0.25) is 0 Å². The van der Waals surface area contributed by atoms with E-state index in [-0.39, 0.29) is 23.9 Å². The van der Waals surface area contributed by atoms with E-state index < -0.39 is 17.4 Å². The van der Waals surface area contributed by atoms with Crippen LogP contribution in [-0.4, -0.2) is 61.1 Å². The number of hydrogen-bond donors (Lipinski definition) is 3. The molecule has 196 valence electrons. The molecule has 1 saturated carbocycles. The highest BCUT2D eigenvalue weighted by molar-refractivity contribution is 6.04. The molecule has 0 aliphatic heterocycles.